The molecule has 4 aromatic rings. The van der Waals surface area contributed by atoms with E-state index in [0.717, 1.165) is 10.4 Å². The summed E-state index contributed by atoms with van der Waals surface area (Å²) in [5, 5.41) is 31.1. The quantitative estimate of drug-likeness (QED) is 0.143. The monoisotopic (exact) mass is 579 g/mol. The molecule has 5 N–H and O–H groups in total. The highest BCUT2D eigenvalue weighted by molar-refractivity contribution is 7.13. The summed E-state index contributed by atoms with van der Waals surface area (Å²) in [6.45, 7) is 0.540. The van der Waals surface area contributed by atoms with Crippen molar-refractivity contribution in [2.24, 2.45) is 0 Å². The Morgan fingerprint density at radius 2 is 1.90 bits per heavy atom. The number of nitrogens with two attached hydrogens (primary N) is 1. The first-order valence-electron chi connectivity index (χ1n) is 11.4. The van der Waals surface area contributed by atoms with Crippen molar-refractivity contribution in [2.75, 3.05) is 12.3 Å². The molecule has 0 saturated heterocycles. The summed E-state index contributed by atoms with van der Waals surface area (Å²) >= 11 is 7.37. The van der Waals surface area contributed by atoms with E-state index in [1.165, 1.54) is 29.2 Å². The number of carboxylic acids is 2. The molecule has 0 spiro atoms. The number of anilines is 1. The third kappa shape index (κ3) is 5.99. The lowest BCUT2D eigenvalue weighted by Crippen LogP contribution is -2.53. The second-order valence-corrected chi connectivity index (χ2v) is 9.73. The maximum Gasteiger partial charge on any atom is 0.348 e. The van der Waals surface area contributed by atoms with Crippen LogP contribution in [-0.4, -0.2) is 71.4 Å². The van der Waals surface area contributed by atoms with Crippen LogP contribution in [-0.2, 0) is 25.5 Å². The number of alkyl halides is 1. The van der Waals surface area contributed by atoms with Gasteiger partial charge >= 0.3 is 11.9 Å². The summed E-state index contributed by atoms with van der Waals surface area (Å²) in [6.07, 6.45) is -4.79. The molecule has 1 aromatic carbocycles. The number of carboxylic acid groups (broad SMARTS) is 2. The van der Waals surface area contributed by atoms with Crippen LogP contribution in [0.2, 0.25) is 5.28 Å². The van der Waals surface area contributed by atoms with Gasteiger partial charge in [0.15, 0.2) is 11.5 Å². The van der Waals surface area contributed by atoms with Gasteiger partial charge in [-0.25, -0.2) is 19.0 Å². The molecule has 15 heteroatoms. The van der Waals surface area contributed by atoms with Crippen molar-refractivity contribution >= 4 is 51.9 Å². The van der Waals surface area contributed by atoms with Gasteiger partial charge in [0.05, 0.1) is 12.9 Å². The molecule has 0 bridgehead atoms. The van der Waals surface area contributed by atoms with E-state index in [1.54, 1.807) is 24.3 Å². The lowest BCUT2D eigenvalue weighted by atomic mass is 9.93. The molecule has 0 aliphatic carbocycles. The van der Waals surface area contributed by atoms with E-state index >= 15 is 0 Å². The third-order valence-electron chi connectivity index (χ3n) is 5.89. The van der Waals surface area contributed by atoms with Crippen LogP contribution in [0.15, 0.2) is 48.1 Å². The molecule has 12 nitrogen and oxygen atoms in total. The van der Waals surface area contributed by atoms with Gasteiger partial charge in [0, 0.05) is 11.3 Å². The van der Waals surface area contributed by atoms with E-state index in [4.69, 9.17) is 26.8 Å². The smallest absolute Gasteiger partial charge is 0.348 e. The first-order valence-corrected chi connectivity index (χ1v) is 12.6. The zero-order chi connectivity index (χ0) is 28.3. The van der Waals surface area contributed by atoms with E-state index < -0.39 is 49.3 Å². The van der Waals surface area contributed by atoms with E-state index in [-0.39, 0.29) is 22.3 Å². The number of hydrogen-bond acceptors (Lipinski definition) is 10. The van der Waals surface area contributed by atoms with Crippen LogP contribution in [0.3, 0.4) is 0 Å². The number of imidazole rings is 1. The molecule has 0 fully saturated rings. The fourth-order valence-corrected chi connectivity index (χ4v) is 4.74. The highest BCUT2D eigenvalue weighted by atomic mass is 35.5. The molecule has 0 radical (unpaired) electrons. The number of aliphatic carboxylic acids is 2. The fraction of sp³-hybridized carbons (Fsp3) is 0.292. The largest absolute Gasteiger partial charge is 0.479 e. The lowest BCUT2D eigenvalue weighted by molar-refractivity contribution is -0.204. The molecule has 3 heterocycles. The van der Waals surface area contributed by atoms with Gasteiger partial charge in [-0.2, -0.15) is 9.97 Å². The van der Waals surface area contributed by atoms with Gasteiger partial charge < -0.3 is 30.5 Å². The standard InChI is InChI=1S/C24H23ClFN5O7S/c1-12(31-11-28-17-19(27)29-23(25)30-20(17)31)38-15(18(26)32)10-37-24(21(33)34,22(35)36)9-13-4-6-14(7-5-13)16-3-2-8-39-16/h2-8,11-12,15,18,32H,9-10H2,1H3,(H,33,34)(H,35,36)(H2,27,29,30)/t12-,15-,18?/m1/s1. The maximum absolute atomic E-state index is 14.2. The summed E-state index contributed by atoms with van der Waals surface area (Å²) in [5.74, 6) is -3.61. The molecule has 39 heavy (non-hydrogen) atoms. The molecular formula is C24H23ClFN5O7S. The van der Waals surface area contributed by atoms with Crippen molar-refractivity contribution in [2.45, 2.75) is 37.6 Å². The van der Waals surface area contributed by atoms with Crippen LogP contribution in [0, 0.1) is 0 Å². The summed E-state index contributed by atoms with van der Waals surface area (Å²) in [4.78, 5) is 37.2. The summed E-state index contributed by atoms with van der Waals surface area (Å²) < 4.78 is 26.3. The first-order chi connectivity index (χ1) is 18.5. The number of ether oxygens (including phenoxy) is 2. The number of halogens is 2. The lowest BCUT2D eigenvalue weighted by Gasteiger charge is -2.29. The molecule has 3 atom stereocenters. The van der Waals surface area contributed by atoms with E-state index in [2.05, 4.69) is 15.0 Å². The van der Waals surface area contributed by atoms with E-state index in [0.29, 0.717) is 5.56 Å². The second-order valence-electron chi connectivity index (χ2n) is 8.45. The van der Waals surface area contributed by atoms with Crippen molar-refractivity contribution in [3.63, 3.8) is 0 Å². The van der Waals surface area contributed by atoms with Crippen molar-refractivity contribution in [3.05, 3.63) is 59.0 Å². The SMILES string of the molecule is C[C@@H](O[C@H](COC(Cc1ccc(-c2cccs2)cc1)(C(=O)O)C(=O)O)C(O)F)n1cnc2c(N)nc(Cl)nc21. The Bertz CT molecular complexity index is 1450. The zero-order valence-corrected chi connectivity index (χ0v) is 21.8. The number of thiophene rings is 1. The van der Waals surface area contributed by atoms with Crippen molar-refractivity contribution in [1.29, 1.82) is 0 Å². The second kappa shape index (κ2) is 11.6. The number of nitrogen functional groups attached to an aromatic ring is 1. The Balaban J connectivity index is 1.53. The van der Waals surface area contributed by atoms with Crippen LogP contribution in [0.4, 0.5) is 10.2 Å². The van der Waals surface area contributed by atoms with Crippen molar-refractivity contribution in [3.8, 4) is 10.4 Å². The molecular weight excluding hydrogens is 557 g/mol. The van der Waals surface area contributed by atoms with Gasteiger partial charge in [-0.3, -0.25) is 4.57 Å². The number of aromatic nitrogens is 4. The number of fused-ring (bicyclic) bond motifs is 1. The minimum Gasteiger partial charge on any atom is -0.479 e. The van der Waals surface area contributed by atoms with Gasteiger partial charge in [0.2, 0.25) is 11.6 Å². The minimum atomic E-state index is -2.79. The Kier molecular flexibility index (Phi) is 8.42. The van der Waals surface area contributed by atoms with Gasteiger partial charge in [-0.15, -0.1) is 11.3 Å². The molecule has 0 saturated carbocycles. The summed E-state index contributed by atoms with van der Waals surface area (Å²) in [7, 11) is 0. The Morgan fingerprint density at radius 1 is 1.21 bits per heavy atom. The molecule has 0 aliphatic rings. The summed E-state index contributed by atoms with van der Waals surface area (Å²) in [6, 6.07) is 10.4. The van der Waals surface area contributed by atoms with Crippen LogP contribution in [0.1, 0.15) is 18.7 Å². The topological polar surface area (TPSA) is 183 Å². The highest BCUT2D eigenvalue weighted by Gasteiger charge is 2.49. The van der Waals surface area contributed by atoms with E-state index in [1.807, 2.05) is 17.5 Å². The highest BCUT2D eigenvalue weighted by Crippen LogP contribution is 2.28. The van der Waals surface area contributed by atoms with Gasteiger partial charge in [-0.05, 0) is 41.1 Å². The van der Waals surface area contributed by atoms with Gasteiger partial charge in [0.25, 0.3) is 5.60 Å². The number of hydrogen-bond donors (Lipinski definition) is 4. The van der Waals surface area contributed by atoms with Crippen LogP contribution in [0.25, 0.3) is 21.6 Å². The van der Waals surface area contributed by atoms with Gasteiger partial charge in [0.1, 0.15) is 17.8 Å². The first kappa shape index (κ1) is 28.3. The number of aliphatic hydroxyl groups is 1. The zero-order valence-electron chi connectivity index (χ0n) is 20.3. The predicted molar refractivity (Wildman–Crippen MR) is 139 cm³/mol. The molecule has 3 aromatic heterocycles. The van der Waals surface area contributed by atoms with E-state index in [9.17, 15) is 29.3 Å². The number of rotatable bonds is 12. The normalized spacial score (nSPS) is 14.3. The molecule has 4 rings (SSSR count). The van der Waals surface area contributed by atoms with Gasteiger partial charge in [-0.1, -0.05) is 30.3 Å². The Hall–Kier alpha value is -3.69. The number of aliphatic hydroxyl groups excluding tert-OH is 1. The maximum atomic E-state index is 14.2. The average molecular weight is 580 g/mol. The molecule has 206 valence electrons. The average Bonchev–Trinajstić information content (AvgIpc) is 3.56. The number of nitrogens with zero attached hydrogens (tertiary/aromatic N) is 4. The van der Waals surface area contributed by atoms with Crippen molar-refractivity contribution < 1.29 is 38.8 Å². The Morgan fingerprint density at radius 3 is 2.49 bits per heavy atom. The van der Waals surface area contributed by atoms with Crippen LogP contribution >= 0.6 is 22.9 Å². The van der Waals surface area contributed by atoms with Crippen LogP contribution < -0.4 is 5.73 Å². The number of benzene rings is 1. The fourth-order valence-electron chi connectivity index (χ4n) is 3.84. The summed E-state index contributed by atoms with van der Waals surface area (Å²) in [5.41, 5.74) is 4.57. The minimum absolute atomic E-state index is 0.00233. The number of carbonyl (C=O) groups is 2. The molecule has 1 unspecified atom stereocenters. The third-order valence-corrected chi connectivity index (χ3v) is 6.98. The molecule has 0 aliphatic heterocycles. The van der Waals surface area contributed by atoms with Crippen LogP contribution in [0.5, 0.6) is 0 Å². The predicted octanol–water partition coefficient (Wildman–Crippen LogP) is 3.15. The Labute approximate surface area is 229 Å². The molecule has 0 amide bonds. The van der Waals surface area contributed by atoms with Crippen molar-refractivity contribution in [1.82, 2.24) is 19.5 Å².